The maximum atomic E-state index is 12.7. The molecule has 0 amide bonds. The van der Waals surface area contributed by atoms with Crippen LogP contribution in [0.3, 0.4) is 0 Å². The van der Waals surface area contributed by atoms with Crippen molar-refractivity contribution >= 4 is 5.78 Å². The molecule has 1 aliphatic heterocycles. The number of hydrogen-bond acceptors (Lipinski definition) is 7. The number of methoxy groups -OCH3 is 1. The van der Waals surface area contributed by atoms with E-state index in [4.69, 9.17) is 9.47 Å². The first-order chi connectivity index (χ1) is 11.4. The predicted molar refractivity (Wildman–Crippen MR) is 83.1 cm³/mol. The highest BCUT2D eigenvalue weighted by atomic mass is 16.5. The molecule has 0 fully saturated rings. The summed E-state index contributed by atoms with van der Waals surface area (Å²) in [4.78, 5) is 12.7. The monoisotopic (exact) mass is 332 g/mol. The van der Waals surface area contributed by atoms with Gasteiger partial charge >= 0.3 is 0 Å². The third kappa shape index (κ3) is 2.54. The summed E-state index contributed by atoms with van der Waals surface area (Å²) in [6, 6.07) is 5.53. The van der Waals surface area contributed by atoms with Gasteiger partial charge in [0.25, 0.3) is 0 Å². The zero-order valence-corrected chi connectivity index (χ0v) is 12.8. The molecule has 126 valence electrons. The van der Waals surface area contributed by atoms with Crippen LogP contribution in [0, 0.1) is 5.92 Å². The number of phenols is 4. The van der Waals surface area contributed by atoms with Crippen LogP contribution in [0.15, 0.2) is 24.3 Å². The normalized spacial score (nSPS) is 16.4. The minimum atomic E-state index is -0.582. The van der Waals surface area contributed by atoms with Crippen LogP contribution in [-0.2, 0) is 6.42 Å². The van der Waals surface area contributed by atoms with E-state index < -0.39 is 11.7 Å². The van der Waals surface area contributed by atoms with Crippen molar-refractivity contribution in [3.63, 3.8) is 0 Å². The minimum absolute atomic E-state index is 0.0381. The predicted octanol–water partition coefficient (Wildman–Crippen LogP) is 1.95. The second-order valence-electron chi connectivity index (χ2n) is 5.55. The molecule has 1 atom stereocenters. The number of fused-ring (bicyclic) bond motifs is 1. The number of aromatic hydroxyl groups is 4. The summed E-state index contributed by atoms with van der Waals surface area (Å²) in [5.74, 6) is -2.31. The van der Waals surface area contributed by atoms with E-state index in [2.05, 4.69) is 0 Å². The Balaban J connectivity index is 1.93. The lowest BCUT2D eigenvalue weighted by Crippen LogP contribution is -2.29. The molecule has 1 unspecified atom stereocenters. The molecule has 0 saturated carbocycles. The average molecular weight is 332 g/mol. The van der Waals surface area contributed by atoms with E-state index >= 15 is 0 Å². The molecule has 0 bridgehead atoms. The summed E-state index contributed by atoms with van der Waals surface area (Å²) in [7, 11) is 1.27. The molecule has 1 heterocycles. The fourth-order valence-corrected chi connectivity index (χ4v) is 2.77. The highest BCUT2D eigenvalue weighted by molar-refractivity contribution is 6.05. The molecule has 7 nitrogen and oxygen atoms in total. The number of carbonyl (C=O) groups is 1. The largest absolute Gasteiger partial charge is 0.504 e. The van der Waals surface area contributed by atoms with Crippen LogP contribution in [0.2, 0.25) is 0 Å². The molecule has 0 spiro atoms. The SMILES string of the molecule is COc1c(O)cc2c(c1O)C(=O)C(Cc1ccc(O)c(O)c1)CO2. The van der Waals surface area contributed by atoms with E-state index in [-0.39, 0.29) is 53.1 Å². The molecule has 4 N–H and O–H groups in total. The van der Waals surface area contributed by atoms with Gasteiger partial charge in [-0.15, -0.1) is 0 Å². The lowest BCUT2D eigenvalue weighted by molar-refractivity contribution is 0.0824. The van der Waals surface area contributed by atoms with E-state index in [1.54, 1.807) is 6.07 Å². The molecular formula is C17H16O7. The first-order valence-corrected chi connectivity index (χ1v) is 7.23. The van der Waals surface area contributed by atoms with E-state index in [0.29, 0.717) is 5.56 Å². The molecule has 3 rings (SSSR count). The van der Waals surface area contributed by atoms with E-state index in [0.717, 1.165) is 0 Å². The maximum Gasteiger partial charge on any atom is 0.203 e. The molecule has 0 radical (unpaired) electrons. The second kappa shape index (κ2) is 5.84. The van der Waals surface area contributed by atoms with Crippen LogP contribution in [0.5, 0.6) is 34.5 Å². The van der Waals surface area contributed by atoms with Gasteiger partial charge in [-0.3, -0.25) is 4.79 Å². The number of Topliss-reactive ketones (excluding diaryl/α,β-unsaturated/α-hetero) is 1. The number of hydrogen-bond donors (Lipinski definition) is 4. The molecule has 0 aromatic heterocycles. The Bertz CT molecular complexity index is 813. The average Bonchev–Trinajstić information content (AvgIpc) is 2.53. The topological polar surface area (TPSA) is 116 Å². The number of carbonyl (C=O) groups excluding carboxylic acids is 1. The first kappa shape index (κ1) is 15.8. The molecule has 0 saturated heterocycles. The Kier molecular flexibility index (Phi) is 3.84. The van der Waals surface area contributed by atoms with Gasteiger partial charge in [-0.05, 0) is 24.1 Å². The van der Waals surface area contributed by atoms with E-state index in [1.165, 1.54) is 25.3 Å². The Morgan fingerprint density at radius 2 is 1.88 bits per heavy atom. The Morgan fingerprint density at radius 1 is 1.12 bits per heavy atom. The smallest absolute Gasteiger partial charge is 0.203 e. The molecule has 24 heavy (non-hydrogen) atoms. The van der Waals surface area contributed by atoms with Crippen molar-refractivity contribution in [1.82, 2.24) is 0 Å². The number of ether oxygens (including phenoxy) is 2. The van der Waals surface area contributed by atoms with Crippen molar-refractivity contribution in [2.24, 2.45) is 5.92 Å². The Morgan fingerprint density at radius 3 is 2.54 bits per heavy atom. The van der Waals surface area contributed by atoms with Gasteiger partial charge in [0.15, 0.2) is 28.8 Å². The summed E-state index contributed by atoms with van der Waals surface area (Å²) in [5.41, 5.74) is 0.602. The van der Waals surface area contributed by atoms with Crippen molar-refractivity contribution < 1.29 is 34.7 Å². The number of benzene rings is 2. The molecule has 2 aromatic carbocycles. The van der Waals surface area contributed by atoms with Crippen molar-refractivity contribution in [3.05, 3.63) is 35.4 Å². The number of phenolic OH excluding ortho intramolecular Hbond substituents is 4. The third-order valence-electron chi connectivity index (χ3n) is 3.98. The lowest BCUT2D eigenvalue weighted by atomic mass is 9.89. The van der Waals surface area contributed by atoms with Crippen LogP contribution >= 0.6 is 0 Å². The first-order valence-electron chi connectivity index (χ1n) is 7.23. The van der Waals surface area contributed by atoms with Crippen molar-refractivity contribution in [3.8, 4) is 34.5 Å². The summed E-state index contributed by atoms with van der Waals surface area (Å²) in [6.45, 7) is 0.0681. The standard InChI is InChI=1S/C17H16O7/c1-23-17-12(20)6-13-14(16(17)22)15(21)9(7-24-13)4-8-2-3-10(18)11(19)5-8/h2-3,5-6,9,18-20,22H,4,7H2,1H3. The van der Waals surface area contributed by atoms with Gasteiger partial charge < -0.3 is 29.9 Å². The highest BCUT2D eigenvalue weighted by Gasteiger charge is 2.34. The lowest BCUT2D eigenvalue weighted by Gasteiger charge is -2.25. The Labute approximate surface area is 137 Å². The van der Waals surface area contributed by atoms with Crippen molar-refractivity contribution in [1.29, 1.82) is 0 Å². The zero-order chi connectivity index (χ0) is 17.4. The van der Waals surface area contributed by atoms with Crippen LogP contribution < -0.4 is 9.47 Å². The molecule has 7 heteroatoms. The van der Waals surface area contributed by atoms with Gasteiger partial charge in [-0.2, -0.15) is 0 Å². The van der Waals surface area contributed by atoms with Gasteiger partial charge in [0.05, 0.1) is 19.6 Å². The van der Waals surface area contributed by atoms with Gasteiger partial charge in [0.1, 0.15) is 11.3 Å². The summed E-state index contributed by atoms with van der Waals surface area (Å²) in [6.07, 6.45) is 0.259. The van der Waals surface area contributed by atoms with Gasteiger partial charge in [-0.25, -0.2) is 0 Å². The molecule has 0 aliphatic carbocycles. The number of ketones is 1. The summed E-state index contributed by atoms with van der Waals surface area (Å²) >= 11 is 0. The van der Waals surface area contributed by atoms with Crippen LogP contribution in [0.4, 0.5) is 0 Å². The fourth-order valence-electron chi connectivity index (χ4n) is 2.77. The molecule has 2 aromatic rings. The maximum absolute atomic E-state index is 12.7. The van der Waals surface area contributed by atoms with Crippen LogP contribution in [-0.4, -0.2) is 39.9 Å². The molecule has 1 aliphatic rings. The van der Waals surface area contributed by atoms with E-state index in [9.17, 15) is 25.2 Å². The van der Waals surface area contributed by atoms with Crippen LogP contribution in [0.1, 0.15) is 15.9 Å². The van der Waals surface area contributed by atoms with Gasteiger partial charge in [-0.1, -0.05) is 6.07 Å². The van der Waals surface area contributed by atoms with Gasteiger partial charge in [0, 0.05) is 6.07 Å². The minimum Gasteiger partial charge on any atom is -0.504 e. The van der Waals surface area contributed by atoms with Gasteiger partial charge in [0.2, 0.25) is 5.75 Å². The van der Waals surface area contributed by atoms with Crippen LogP contribution in [0.25, 0.3) is 0 Å². The van der Waals surface area contributed by atoms with Crippen molar-refractivity contribution in [2.75, 3.05) is 13.7 Å². The third-order valence-corrected chi connectivity index (χ3v) is 3.98. The second-order valence-corrected chi connectivity index (χ2v) is 5.55. The molecular weight excluding hydrogens is 316 g/mol. The van der Waals surface area contributed by atoms with Crippen molar-refractivity contribution in [2.45, 2.75) is 6.42 Å². The van der Waals surface area contributed by atoms with E-state index in [1.807, 2.05) is 0 Å². The fraction of sp³-hybridized carbons (Fsp3) is 0.235. The quantitative estimate of drug-likeness (QED) is 0.635. The summed E-state index contributed by atoms with van der Waals surface area (Å²) < 4.78 is 10.4. The zero-order valence-electron chi connectivity index (χ0n) is 12.8. The number of rotatable bonds is 3. The summed E-state index contributed by atoms with van der Waals surface area (Å²) in [5, 5.41) is 38.8. The Hall–Kier alpha value is -3.09. The highest BCUT2D eigenvalue weighted by Crippen LogP contribution is 2.46.